The molecule has 80 valence electrons. The van der Waals surface area contributed by atoms with Gasteiger partial charge in [-0.05, 0) is 37.8 Å². The summed E-state index contributed by atoms with van der Waals surface area (Å²) in [6.45, 7) is 2.02. The summed E-state index contributed by atoms with van der Waals surface area (Å²) < 4.78 is 5.93. The van der Waals surface area contributed by atoms with E-state index in [0.717, 1.165) is 25.4 Å². The second kappa shape index (κ2) is 3.81. The van der Waals surface area contributed by atoms with Gasteiger partial charge in [0, 0.05) is 18.3 Å². The SMILES string of the molecule is c1cnc(OC2CCNC2)c(C2CC2)c1. The predicted octanol–water partition coefficient (Wildman–Crippen LogP) is 1.70. The molecular formula is C12H16N2O. The van der Waals surface area contributed by atoms with Crippen molar-refractivity contribution in [3.8, 4) is 5.88 Å². The minimum atomic E-state index is 0.317. The molecule has 1 N–H and O–H groups in total. The number of ether oxygens (including phenoxy) is 1. The van der Waals surface area contributed by atoms with Gasteiger partial charge < -0.3 is 10.1 Å². The molecule has 1 aliphatic carbocycles. The lowest BCUT2D eigenvalue weighted by atomic mass is 10.2. The number of pyridine rings is 1. The number of nitrogens with zero attached hydrogens (tertiary/aromatic N) is 1. The van der Waals surface area contributed by atoms with E-state index in [1.165, 1.54) is 18.4 Å². The zero-order valence-corrected chi connectivity index (χ0v) is 8.78. The third-order valence-electron chi connectivity index (χ3n) is 3.11. The Balaban J connectivity index is 1.77. The van der Waals surface area contributed by atoms with E-state index in [1.54, 1.807) is 0 Å². The Labute approximate surface area is 89.9 Å². The van der Waals surface area contributed by atoms with Gasteiger partial charge in [0.2, 0.25) is 5.88 Å². The molecule has 1 saturated carbocycles. The molecule has 15 heavy (non-hydrogen) atoms. The van der Waals surface area contributed by atoms with E-state index < -0.39 is 0 Å². The highest BCUT2D eigenvalue weighted by molar-refractivity contribution is 5.32. The predicted molar refractivity (Wildman–Crippen MR) is 58.1 cm³/mol. The first kappa shape index (κ1) is 9.16. The summed E-state index contributed by atoms with van der Waals surface area (Å²) in [6, 6.07) is 4.16. The number of nitrogens with one attached hydrogen (secondary N) is 1. The lowest BCUT2D eigenvalue weighted by Crippen LogP contribution is -2.20. The van der Waals surface area contributed by atoms with Crippen LogP contribution in [0.5, 0.6) is 5.88 Å². The molecule has 3 heteroatoms. The van der Waals surface area contributed by atoms with Gasteiger partial charge in [-0.2, -0.15) is 0 Å². The van der Waals surface area contributed by atoms with Gasteiger partial charge in [-0.3, -0.25) is 0 Å². The quantitative estimate of drug-likeness (QED) is 0.813. The van der Waals surface area contributed by atoms with E-state index in [0.29, 0.717) is 12.0 Å². The Bertz CT molecular complexity index is 343. The zero-order chi connectivity index (χ0) is 10.1. The van der Waals surface area contributed by atoms with Crippen LogP contribution in [0.15, 0.2) is 18.3 Å². The van der Waals surface area contributed by atoms with Crippen molar-refractivity contribution in [1.82, 2.24) is 10.3 Å². The van der Waals surface area contributed by atoms with Crippen LogP contribution in [-0.4, -0.2) is 24.2 Å². The molecule has 3 rings (SSSR count). The molecule has 0 spiro atoms. The maximum atomic E-state index is 5.93. The standard InChI is InChI=1S/C12H16N2O/c1-2-11(9-3-4-9)12(14-6-1)15-10-5-7-13-8-10/h1-2,6,9-10,13H,3-5,7-8H2. The average Bonchev–Trinajstić information content (AvgIpc) is 2.99. The maximum absolute atomic E-state index is 5.93. The molecule has 1 aliphatic heterocycles. The lowest BCUT2D eigenvalue weighted by Gasteiger charge is -2.14. The molecule has 2 aliphatic rings. The summed E-state index contributed by atoms with van der Waals surface area (Å²) in [5.74, 6) is 1.58. The highest BCUT2D eigenvalue weighted by atomic mass is 16.5. The minimum absolute atomic E-state index is 0.317. The second-order valence-electron chi connectivity index (χ2n) is 4.40. The highest BCUT2D eigenvalue weighted by Crippen LogP contribution is 2.43. The fourth-order valence-corrected chi connectivity index (χ4v) is 2.09. The first-order valence-corrected chi connectivity index (χ1v) is 5.76. The van der Waals surface area contributed by atoms with Crippen LogP contribution in [0.3, 0.4) is 0 Å². The molecule has 1 aromatic heterocycles. The van der Waals surface area contributed by atoms with E-state index in [2.05, 4.69) is 16.4 Å². The Morgan fingerprint density at radius 3 is 3.00 bits per heavy atom. The summed E-state index contributed by atoms with van der Waals surface area (Å²) in [7, 11) is 0. The summed E-state index contributed by atoms with van der Waals surface area (Å²) >= 11 is 0. The first-order chi connectivity index (χ1) is 7.43. The Morgan fingerprint density at radius 2 is 2.27 bits per heavy atom. The van der Waals surface area contributed by atoms with Crippen LogP contribution in [0.25, 0.3) is 0 Å². The van der Waals surface area contributed by atoms with Gasteiger partial charge in [0.25, 0.3) is 0 Å². The van der Waals surface area contributed by atoms with E-state index in [-0.39, 0.29) is 0 Å². The molecule has 0 amide bonds. The molecule has 1 unspecified atom stereocenters. The van der Waals surface area contributed by atoms with E-state index >= 15 is 0 Å². The van der Waals surface area contributed by atoms with E-state index in [9.17, 15) is 0 Å². The van der Waals surface area contributed by atoms with E-state index in [1.807, 2.05) is 12.3 Å². The molecular weight excluding hydrogens is 188 g/mol. The van der Waals surface area contributed by atoms with Gasteiger partial charge in [0.1, 0.15) is 6.10 Å². The van der Waals surface area contributed by atoms with Crippen molar-refractivity contribution in [1.29, 1.82) is 0 Å². The smallest absolute Gasteiger partial charge is 0.217 e. The van der Waals surface area contributed by atoms with Crippen LogP contribution >= 0.6 is 0 Å². The monoisotopic (exact) mass is 204 g/mol. The van der Waals surface area contributed by atoms with Crippen molar-refractivity contribution in [3.05, 3.63) is 23.9 Å². The fraction of sp³-hybridized carbons (Fsp3) is 0.583. The van der Waals surface area contributed by atoms with Gasteiger partial charge in [-0.1, -0.05) is 6.07 Å². The van der Waals surface area contributed by atoms with Gasteiger partial charge in [-0.25, -0.2) is 4.98 Å². The number of hydrogen-bond acceptors (Lipinski definition) is 3. The Kier molecular flexibility index (Phi) is 2.33. The molecule has 1 aromatic rings. The third kappa shape index (κ3) is 1.97. The van der Waals surface area contributed by atoms with Gasteiger partial charge in [0.15, 0.2) is 0 Å². The molecule has 1 saturated heterocycles. The van der Waals surface area contributed by atoms with Gasteiger partial charge >= 0.3 is 0 Å². The van der Waals surface area contributed by atoms with Crippen molar-refractivity contribution >= 4 is 0 Å². The third-order valence-corrected chi connectivity index (χ3v) is 3.11. The van der Waals surface area contributed by atoms with Crippen LogP contribution in [0.1, 0.15) is 30.7 Å². The van der Waals surface area contributed by atoms with Crippen LogP contribution in [0.2, 0.25) is 0 Å². The molecule has 0 bridgehead atoms. The molecule has 1 atom stereocenters. The summed E-state index contributed by atoms with van der Waals surface area (Å²) in [6.07, 6.45) is 5.83. The van der Waals surface area contributed by atoms with Crippen LogP contribution in [0, 0.1) is 0 Å². The second-order valence-corrected chi connectivity index (χ2v) is 4.40. The summed E-state index contributed by atoms with van der Waals surface area (Å²) in [4.78, 5) is 4.35. The van der Waals surface area contributed by atoms with Crippen molar-refractivity contribution in [3.63, 3.8) is 0 Å². The molecule has 3 nitrogen and oxygen atoms in total. The van der Waals surface area contributed by atoms with Crippen LogP contribution in [0.4, 0.5) is 0 Å². The summed E-state index contributed by atoms with van der Waals surface area (Å²) in [5, 5.41) is 3.30. The Hall–Kier alpha value is -1.09. The van der Waals surface area contributed by atoms with Crippen molar-refractivity contribution in [2.45, 2.75) is 31.3 Å². The van der Waals surface area contributed by atoms with Crippen molar-refractivity contribution < 1.29 is 4.74 Å². The first-order valence-electron chi connectivity index (χ1n) is 5.76. The molecule has 0 radical (unpaired) electrons. The molecule has 2 fully saturated rings. The number of aromatic nitrogens is 1. The van der Waals surface area contributed by atoms with Gasteiger partial charge in [-0.15, -0.1) is 0 Å². The topological polar surface area (TPSA) is 34.1 Å². The molecule has 0 aromatic carbocycles. The van der Waals surface area contributed by atoms with E-state index in [4.69, 9.17) is 4.74 Å². The normalized spacial score (nSPS) is 25.5. The van der Waals surface area contributed by atoms with Gasteiger partial charge in [0.05, 0.1) is 0 Å². The highest BCUT2D eigenvalue weighted by Gasteiger charge is 2.28. The van der Waals surface area contributed by atoms with Crippen molar-refractivity contribution in [2.75, 3.05) is 13.1 Å². The maximum Gasteiger partial charge on any atom is 0.217 e. The number of rotatable bonds is 3. The lowest BCUT2D eigenvalue weighted by molar-refractivity contribution is 0.211. The molecule has 2 heterocycles. The van der Waals surface area contributed by atoms with Crippen LogP contribution in [-0.2, 0) is 0 Å². The van der Waals surface area contributed by atoms with Crippen molar-refractivity contribution in [2.24, 2.45) is 0 Å². The number of hydrogen-bond donors (Lipinski definition) is 1. The average molecular weight is 204 g/mol. The Morgan fingerprint density at radius 1 is 1.33 bits per heavy atom. The zero-order valence-electron chi connectivity index (χ0n) is 8.78. The van der Waals surface area contributed by atoms with Crippen LogP contribution < -0.4 is 10.1 Å². The largest absolute Gasteiger partial charge is 0.473 e. The summed E-state index contributed by atoms with van der Waals surface area (Å²) in [5.41, 5.74) is 1.31. The minimum Gasteiger partial charge on any atom is -0.473 e. The fourth-order valence-electron chi connectivity index (χ4n) is 2.09.